The van der Waals surface area contributed by atoms with Crippen molar-refractivity contribution in [2.24, 2.45) is 5.73 Å². The van der Waals surface area contributed by atoms with Gasteiger partial charge in [-0.3, -0.25) is 0 Å². The van der Waals surface area contributed by atoms with Crippen LogP contribution in [0, 0.1) is 0 Å². The van der Waals surface area contributed by atoms with Crippen molar-refractivity contribution in [1.82, 2.24) is 14.3 Å². The molecule has 0 saturated carbocycles. The molecule has 84 valence electrons. The van der Waals surface area contributed by atoms with Gasteiger partial charge in [-0.25, -0.2) is 9.97 Å². The lowest BCUT2D eigenvalue weighted by atomic mass is 10.1. The summed E-state index contributed by atoms with van der Waals surface area (Å²) in [5.41, 5.74) is 6.97. The average molecular weight is 252 g/mol. The van der Waals surface area contributed by atoms with E-state index in [0.717, 1.165) is 21.3 Å². The van der Waals surface area contributed by atoms with E-state index in [2.05, 4.69) is 20.4 Å². The van der Waals surface area contributed by atoms with Gasteiger partial charge in [0.15, 0.2) is 4.34 Å². The number of hydrogen-bond acceptors (Lipinski definition) is 6. The molecule has 0 saturated heterocycles. The Morgan fingerprint density at radius 2 is 2.38 bits per heavy atom. The Labute approximate surface area is 102 Å². The second-order valence-corrected chi connectivity index (χ2v) is 5.47. The van der Waals surface area contributed by atoms with Gasteiger partial charge in [-0.05, 0) is 48.3 Å². The average Bonchev–Trinajstić information content (AvgIpc) is 2.73. The van der Waals surface area contributed by atoms with E-state index in [1.165, 1.54) is 11.5 Å². The van der Waals surface area contributed by atoms with E-state index in [1.54, 1.807) is 24.3 Å². The standard InChI is InChI=1S/C10H12N4S2/c1-7(11)5-8-3-2-4-12-9(8)15-10-13-6-14-16-10/h2-4,6-7H,5,11H2,1H3. The zero-order chi connectivity index (χ0) is 11.4. The zero-order valence-electron chi connectivity index (χ0n) is 8.83. The summed E-state index contributed by atoms with van der Waals surface area (Å²) in [7, 11) is 0. The van der Waals surface area contributed by atoms with Crippen LogP contribution < -0.4 is 5.73 Å². The highest BCUT2D eigenvalue weighted by molar-refractivity contribution is 8.00. The van der Waals surface area contributed by atoms with Crippen LogP contribution >= 0.6 is 23.3 Å². The Morgan fingerprint density at radius 3 is 3.06 bits per heavy atom. The Balaban J connectivity index is 2.19. The molecule has 2 N–H and O–H groups in total. The van der Waals surface area contributed by atoms with Gasteiger partial charge < -0.3 is 5.73 Å². The normalized spacial score (nSPS) is 12.6. The van der Waals surface area contributed by atoms with Crippen molar-refractivity contribution in [2.75, 3.05) is 0 Å². The highest BCUT2D eigenvalue weighted by atomic mass is 32.2. The molecule has 2 aromatic heterocycles. The van der Waals surface area contributed by atoms with Crippen molar-refractivity contribution in [3.05, 3.63) is 30.2 Å². The summed E-state index contributed by atoms with van der Waals surface area (Å²) in [4.78, 5) is 8.48. The molecule has 0 amide bonds. The fourth-order valence-electron chi connectivity index (χ4n) is 1.31. The largest absolute Gasteiger partial charge is 0.328 e. The molecule has 1 atom stereocenters. The van der Waals surface area contributed by atoms with Crippen molar-refractivity contribution in [1.29, 1.82) is 0 Å². The van der Waals surface area contributed by atoms with Gasteiger partial charge in [-0.1, -0.05) is 6.07 Å². The third-order valence-corrected chi connectivity index (χ3v) is 3.69. The van der Waals surface area contributed by atoms with Crippen molar-refractivity contribution >= 4 is 23.3 Å². The maximum Gasteiger partial charge on any atom is 0.176 e. The number of rotatable bonds is 4. The molecule has 2 rings (SSSR count). The molecular weight excluding hydrogens is 240 g/mol. The zero-order valence-corrected chi connectivity index (χ0v) is 10.5. The molecule has 0 fully saturated rings. The summed E-state index contributed by atoms with van der Waals surface area (Å²) in [5, 5.41) is 0.969. The van der Waals surface area contributed by atoms with Gasteiger partial charge in [0.1, 0.15) is 11.4 Å². The Hall–Kier alpha value is -0.980. The van der Waals surface area contributed by atoms with Crippen molar-refractivity contribution in [3.8, 4) is 0 Å². The predicted molar refractivity (Wildman–Crippen MR) is 65.6 cm³/mol. The topological polar surface area (TPSA) is 64.7 Å². The third kappa shape index (κ3) is 3.01. The van der Waals surface area contributed by atoms with Crippen LogP contribution in [0.5, 0.6) is 0 Å². The van der Waals surface area contributed by atoms with Crippen LogP contribution in [0.1, 0.15) is 12.5 Å². The monoisotopic (exact) mass is 252 g/mol. The summed E-state index contributed by atoms with van der Waals surface area (Å²) < 4.78 is 4.87. The minimum Gasteiger partial charge on any atom is -0.328 e. The fraction of sp³-hybridized carbons (Fsp3) is 0.300. The molecule has 0 bridgehead atoms. The quantitative estimate of drug-likeness (QED) is 0.901. The molecule has 16 heavy (non-hydrogen) atoms. The molecule has 0 aliphatic rings. The predicted octanol–water partition coefficient (Wildman–Crippen LogP) is 1.97. The van der Waals surface area contributed by atoms with E-state index in [4.69, 9.17) is 5.73 Å². The summed E-state index contributed by atoms with van der Waals surface area (Å²) >= 11 is 2.92. The van der Waals surface area contributed by atoms with Crippen LogP contribution in [-0.4, -0.2) is 20.4 Å². The fourth-order valence-corrected chi connectivity index (χ4v) is 2.76. The summed E-state index contributed by atoms with van der Waals surface area (Å²) in [6, 6.07) is 4.12. The smallest absolute Gasteiger partial charge is 0.176 e. The van der Waals surface area contributed by atoms with Crippen LogP contribution in [0.15, 0.2) is 34.0 Å². The van der Waals surface area contributed by atoms with Crippen LogP contribution in [-0.2, 0) is 6.42 Å². The second-order valence-electron chi connectivity index (χ2n) is 3.46. The van der Waals surface area contributed by atoms with E-state index in [-0.39, 0.29) is 6.04 Å². The first kappa shape index (κ1) is 11.5. The summed E-state index contributed by atoms with van der Waals surface area (Å²) in [6.07, 6.45) is 4.17. The summed E-state index contributed by atoms with van der Waals surface area (Å²) in [6.45, 7) is 1.99. The van der Waals surface area contributed by atoms with Crippen molar-refractivity contribution < 1.29 is 0 Å². The first-order valence-corrected chi connectivity index (χ1v) is 6.48. The lowest BCUT2D eigenvalue weighted by Crippen LogP contribution is -2.18. The van der Waals surface area contributed by atoms with E-state index in [9.17, 15) is 0 Å². The molecule has 0 aliphatic carbocycles. The number of pyridine rings is 1. The molecule has 0 aliphatic heterocycles. The van der Waals surface area contributed by atoms with Crippen molar-refractivity contribution in [3.63, 3.8) is 0 Å². The molecule has 2 heterocycles. The minimum atomic E-state index is 0.137. The number of hydrogen-bond donors (Lipinski definition) is 1. The number of nitrogens with two attached hydrogens (primary N) is 1. The van der Waals surface area contributed by atoms with Crippen LogP contribution in [0.3, 0.4) is 0 Å². The van der Waals surface area contributed by atoms with Gasteiger partial charge in [0.05, 0.1) is 0 Å². The molecule has 4 nitrogen and oxygen atoms in total. The lowest BCUT2D eigenvalue weighted by molar-refractivity contribution is 0.722. The highest BCUT2D eigenvalue weighted by Crippen LogP contribution is 2.29. The minimum absolute atomic E-state index is 0.137. The van der Waals surface area contributed by atoms with Crippen LogP contribution in [0.25, 0.3) is 0 Å². The van der Waals surface area contributed by atoms with E-state index in [1.807, 2.05) is 13.0 Å². The second kappa shape index (κ2) is 5.38. The Bertz CT molecular complexity index is 442. The van der Waals surface area contributed by atoms with Gasteiger partial charge >= 0.3 is 0 Å². The van der Waals surface area contributed by atoms with Crippen LogP contribution in [0.2, 0.25) is 0 Å². The molecule has 0 radical (unpaired) electrons. The van der Waals surface area contributed by atoms with Gasteiger partial charge in [-0.2, -0.15) is 4.37 Å². The molecule has 0 aromatic carbocycles. The van der Waals surface area contributed by atoms with Gasteiger partial charge in [0, 0.05) is 12.2 Å². The highest BCUT2D eigenvalue weighted by Gasteiger charge is 2.09. The SMILES string of the molecule is CC(N)Cc1cccnc1Sc1ncns1. The van der Waals surface area contributed by atoms with E-state index < -0.39 is 0 Å². The van der Waals surface area contributed by atoms with E-state index in [0.29, 0.717) is 0 Å². The molecule has 0 spiro atoms. The Kier molecular flexibility index (Phi) is 3.87. The maximum absolute atomic E-state index is 5.80. The lowest BCUT2D eigenvalue weighted by Gasteiger charge is -2.08. The van der Waals surface area contributed by atoms with Crippen molar-refractivity contribution in [2.45, 2.75) is 28.8 Å². The number of nitrogens with zero attached hydrogens (tertiary/aromatic N) is 3. The Morgan fingerprint density at radius 1 is 1.50 bits per heavy atom. The number of aromatic nitrogens is 3. The maximum atomic E-state index is 5.80. The third-order valence-electron chi connectivity index (χ3n) is 1.92. The molecular formula is C10H12N4S2. The molecule has 2 aromatic rings. The van der Waals surface area contributed by atoms with Gasteiger partial charge in [-0.15, -0.1) is 0 Å². The first-order valence-electron chi connectivity index (χ1n) is 4.89. The molecule has 6 heteroatoms. The molecule has 1 unspecified atom stereocenters. The van der Waals surface area contributed by atoms with Gasteiger partial charge in [0.25, 0.3) is 0 Å². The first-order chi connectivity index (χ1) is 7.75. The summed E-state index contributed by atoms with van der Waals surface area (Å²) in [5.74, 6) is 0. The van der Waals surface area contributed by atoms with Crippen LogP contribution in [0.4, 0.5) is 0 Å². The van der Waals surface area contributed by atoms with Gasteiger partial charge in [0.2, 0.25) is 0 Å². The van der Waals surface area contributed by atoms with E-state index >= 15 is 0 Å².